The molecular weight excluding hydrogens is 410 g/mol. The van der Waals surface area contributed by atoms with Crippen LogP contribution in [0.25, 0.3) is 0 Å². The fourth-order valence-electron chi connectivity index (χ4n) is 2.94. The summed E-state index contributed by atoms with van der Waals surface area (Å²) in [5.41, 5.74) is 2.19. The van der Waals surface area contributed by atoms with Gasteiger partial charge in [0.1, 0.15) is 0 Å². The lowest BCUT2D eigenvalue weighted by Gasteiger charge is -2.13. The van der Waals surface area contributed by atoms with Crippen LogP contribution in [0.15, 0.2) is 55.1 Å². The van der Waals surface area contributed by atoms with E-state index in [1.54, 1.807) is 30.3 Å². The maximum absolute atomic E-state index is 12.4. The summed E-state index contributed by atoms with van der Waals surface area (Å²) in [5.74, 6) is 0.249. The van der Waals surface area contributed by atoms with E-state index in [0.717, 1.165) is 18.4 Å². The second-order valence-electron chi connectivity index (χ2n) is 7.43. The van der Waals surface area contributed by atoms with E-state index in [-0.39, 0.29) is 36.8 Å². The molecule has 8 heteroatoms. The number of amides is 3. The minimum atomic E-state index is -0.275. The fourth-order valence-corrected chi connectivity index (χ4v) is 2.94. The number of benzene rings is 2. The van der Waals surface area contributed by atoms with E-state index >= 15 is 0 Å². The summed E-state index contributed by atoms with van der Waals surface area (Å²) < 4.78 is 10.9. The van der Waals surface area contributed by atoms with E-state index in [1.165, 1.54) is 13.2 Å². The third-order valence-electron chi connectivity index (χ3n) is 4.80. The van der Waals surface area contributed by atoms with E-state index in [9.17, 15) is 14.4 Å². The predicted molar refractivity (Wildman–Crippen MR) is 122 cm³/mol. The SMILES string of the molecule is C=CC(=O)Nc1ccc(CCC(=O)Nc2ccc(OC)c(OCC(=O)NC3CC3)c2)cc1. The highest BCUT2D eigenvalue weighted by Gasteiger charge is 2.23. The monoisotopic (exact) mass is 437 g/mol. The molecule has 0 saturated heterocycles. The maximum atomic E-state index is 12.4. The van der Waals surface area contributed by atoms with Crippen molar-refractivity contribution >= 4 is 29.1 Å². The predicted octanol–water partition coefficient (Wildman–Crippen LogP) is 3.05. The molecule has 8 nitrogen and oxygen atoms in total. The Labute approximate surface area is 187 Å². The molecule has 2 aromatic carbocycles. The van der Waals surface area contributed by atoms with Gasteiger partial charge in [-0.2, -0.15) is 0 Å². The number of carbonyl (C=O) groups excluding carboxylic acids is 3. The molecule has 1 saturated carbocycles. The van der Waals surface area contributed by atoms with Crippen LogP contribution in [-0.4, -0.2) is 37.5 Å². The van der Waals surface area contributed by atoms with Crippen molar-refractivity contribution in [1.82, 2.24) is 5.32 Å². The molecule has 2 aromatic rings. The Morgan fingerprint density at radius 1 is 1.00 bits per heavy atom. The van der Waals surface area contributed by atoms with Gasteiger partial charge >= 0.3 is 0 Å². The number of carbonyl (C=O) groups is 3. The summed E-state index contributed by atoms with van der Waals surface area (Å²) in [6.45, 7) is 3.30. The Bertz CT molecular complexity index is 984. The molecule has 1 aliphatic carbocycles. The van der Waals surface area contributed by atoms with E-state index < -0.39 is 0 Å². The Morgan fingerprint density at radius 2 is 1.72 bits per heavy atom. The molecule has 32 heavy (non-hydrogen) atoms. The summed E-state index contributed by atoms with van der Waals surface area (Å²) >= 11 is 0. The van der Waals surface area contributed by atoms with Gasteiger partial charge in [-0.3, -0.25) is 14.4 Å². The van der Waals surface area contributed by atoms with Gasteiger partial charge in [-0.05, 0) is 55.2 Å². The van der Waals surface area contributed by atoms with Crippen LogP contribution in [0.3, 0.4) is 0 Å². The molecule has 1 aliphatic rings. The number of aryl methyl sites for hydroxylation is 1. The van der Waals surface area contributed by atoms with Crippen molar-refractivity contribution in [1.29, 1.82) is 0 Å². The van der Waals surface area contributed by atoms with Gasteiger partial charge in [-0.25, -0.2) is 0 Å². The maximum Gasteiger partial charge on any atom is 0.258 e. The van der Waals surface area contributed by atoms with Crippen LogP contribution in [-0.2, 0) is 20.8 Å². The summed E-state index contributed by atoms with van der Waals surface area (Å²) in [4.78, 5) is 35.6. The summed E-state index contributed by atoms with van der Waals surface area (Å²) in [6.07, 6.45) is 4.04. The molecule has 3 amide bonds. The first-order valence-corrected chi connectivity index (χ1v) is 10.4. The molecule has 0 heterocycles. The molecule has 0 atom stereocenters. The van der Waals surface area contributed by atoms with Crippen molar-refractivity contribution in [3.05, 3.63) is 60.7 Å². The van der Waals surface area contributed by atoms with Crippen LogP contribution in [0, 0.1) is 0 Å². The zero-order chi connectivity index (χ0) is 22.9. The first-order valence-electron chi connectivity index (χ1n) is 10.4. The molecular formula is C24H27N3O5. The number of nitrogens with one attached hydrogen (secondary N) is 3. The molecule has 0 aromatic heterocycles. The average Bonchev–Trinajstić information content (AvgIpc) is 3.61. The van der Waals surface area contributed by atoms with Gasteiger partial charge in [-0.1, -0.05) is 18.7 Å². The van der Waals surface area contributed by atoms with E-state index in [1.807, 2.05) is 12.1 Å². The number of anilines is 2. The van der Waals surface area contributed by atoms with Crippen molar-refractivity contribution in [3.8, 4) is 11.5 Å². The Morgan fingerprint density at radius 3 is 2.38 bits per heavy atom. The van der Waals surface area contributed by atoms with Crippen LogP contribution in [0.5, 0.6) is 11.5 Å². The minimum Gasteiger partial charge on any atom is -0.493 e. The smallest absolute Gasteiger partial charge is 0.258 e. The number of rotatable bonds is 11. The summed E-state index contributed by atoms with van der Waals surface area (Å²) in [5, 5.41) is 8.37. The van der Waals surface area contributed by atoms with Gasteiger partial charge in [-0.15, -0.1) is 0 Å². The van der Waals surface area contributed by atoms with Crippen LogP contribution in [0.1, 0.15) is 24.8 Å². The van der Waals surface area contributed by atoms with Crippen molar-refractivity contribution < 1.29 is 23.9 Å². The molecule has 0 spiro atoms. The average molecular weight is 437 g/mol. The third-order valence-corrected chi connectivity index (χ3v) is 4.80. The second kappa shape index (κ2) is 11.0. The number of methoxy groups -OCH3 is 1. The summed E-state index contributed by atoms with van der Waals surface area (Å²) in [6, 6.07) is 12.6. The number of hydrogen-bond acceptors (Lipinski definition) is 5. The van der Waals surface area contributed by atoms with Crippen molar-refractivity contribution in [2.45, 2.75) is 31.7 Å². The Kier molecular flexibility index (Phi) is 7.85. The van der Waals surface area contributed by atoms with Crippen LogP contribution >= 0.6 is 0 Å². The highest BCUT2D eigenvalue weighted by Crippen LogP contribution is 2.30. The molecule has 0 radical (unpaired) electrons. The zero-order valence-electron chi connectivity index (χ0n) is 18.0. The van der Waals surface area contributed by atoms with Crippen molar-refractivity contribution in [2.75, 3.05) is 24.4 Å². The molecule has 3 N–H and O–H groups in total. The summed E-state index contributed by atoms with van der Waals surface area (Å²) in [7, 11) is 1.51. The van der Waals surface area contributed by atoms with Gasteiger partial charge in [0.15, 0.2) is 18.1 Å². The number of hydrogen-bond donors (Lipinski definition) is 3. The van der Waals surface area contributed by atoms with Crippen LogP contribution in [0.4, 0.5) is 11.4 Å². The van der Waals surface area contributed by atoms with E-state index in [0.29, 0.717) is 29.3 Å². The van der Waals surface area contributed by atoms with Gasteiger partial charge in [0.25, 0.3) is 5.91 Å². The molecule has 0 bridgehead atoms. The lowest BCUT2D eigenvalue weighted by atomic mass is 10.1. The van der Waals surface area contributed by atoms with Gasteiger partial charge in [0.05, 0.1) is 7.11 Å². The van der Waals surface area contributed by atoms with Gasteiger partial charge < -0.3 is 25.4 Å². The van der Waals surface area contributed by atoms with Gasteiger partial charge in [0, 0.05) is 29.9 Å². The zero-order valence-corrected chi connectivity index (χ0v) is 18.0. The molecule has 3 rings (SSSR count). The molecule has 168 valence electrons. The first-order chi connectivity index (χ1) is 15.5. The van der Waals surface area contributed by atoms with Crippen molar-refractivity contribution in [3.63, 3.8) is 0 Å². The van der Waals surface area contributed by atoms with Crippen LogP contribution in [0.2, 0.25) is 0 Å². The number of ether oxygens (including phenoxy) is 2. The highest BCUT2D eigenvalue weighted by molar-refractivity contribution is 5.98. The van der Waals surface area contributed by atoms with Gasteiger partial charge in [0.2, 0.25) is 11.8 Å². The normalized spacial score (nSPS) is 12.4. The Balaban J connectivity index is 1.50. The molecule has 1 fully saturated rings. The lowest BCUT2D eigenvalue weighted by Crippen LogP contribution is -2.30. The lowest BCUT2D eigenvalue weighted by molar-refractivity contribution is -0.123. The first kappa shape index (κ1) is 22.9. The second-order valence-corrected chi connectivity index (χ2v) is 7.43. The third kappa shape index (κ3) is 7.16. The quantitative estimate of drug-likeness (QED) is 0.469. The molecule has 0 aliphatic heterocycles. The topological polar surface area (TPSA) is 106 Å². The largest absolute Gasteiger partial charge is 0.493 e. The van der Waals surface area contributed by atoms with Crippen LogP contribution < -0.4 is 25.4 Å². The van der Waals surface area contributed by atoms with E-state index in [2.05, 4.69) is 22.5 Å². The molecule has 0 unspecified atom stereocenters. The Hall–Kier alpha value is -3.81. The minimum absolute atomic E-state index is 0.118. The standard InChI is InChI=1S/C24H27N3O5/c1-3-22(28)25-17-7-4-16(5-8-17)6-13-23(29)27-19-11-12-20(31-2)21(14-19)32-15-24(30)26-18-9-10-18/h3-5,7-8,11-12,14,18H,1,6,9-10,13,15H2,2H3,(H,25,28)(H,26,30)(H,27,29). The van der Waals surface area contributed by atoms with Crippen molar-refractivity contribution in [2.24, 2.45) is 0 Å². The highest BCUT2D eigenvalue weighted by atomic mass is 16.5. The van der Waals surface area contributed by atoms with E-state index in [4.69, 9.17) is 9.47 Å². The fraction of sp³-hybridized carbons (Fsp3) is 0.292.